The van der Waals surface area contributed by atoms with Crippen LogP contribution in [0.1, 0.15) is 32.6 Å². The Hall–Kier alpha value is -0.120. The summed E-state index contributed by atoms with van der Waals surface area (Å²) in [4.78, 5) is 2.59. The van der Waals surface area contributed by atoms with Crippen molar-refractivity contribution in [2.24, 2.45) is 5.92 Å². The van der Waals surface area contributed by atoms with Gasteiger partial charge in [-0.15, -0.1) is 0 Å². The number of hydrogen-bond donors (Lipinski definition) is 1. The van der Waals surface area contributed by atoms with Crippen molar-refractivity contribution in [3.8, 4) is 0 Å². The smallest absolute Gasteiger partial charge is 0.0670 e. The van der Waals surface area contributed by atoms with Crippen LogP contribution in [0.5, 0.6) is 0 Å². The van der Waals surface area contributed by atoms with E-state index < -0.39 is 0 Å². The quantitative estimate of drug-likeness (QED) is 0.786. The number of nitrogens with one attached hydrogen (secondary N) is 1. The van der Waals surface area contributed by atoms with Gasteiger partial charge in [0.15, 0.2) is 0 Å². The van der Waals surface area contributed by atoms with Gasteiger partial charge in [0.2, 0.25) is 0 Å². The summed E-state index contributed by atoms with van der Waals surface area (Å²) in [6.45, 7) is 7.02. The van der Waals surface area contributed by atoms with Gasteiger partial charge in [-0.2, -0.15) is 0 Å². The fourth-order valence-electron chi connectivity index (χ4n) is 3.14. The molecule has 94 valence electrons. The first-order valence-electron chi connectivity index (χ1n) is 6.78. The average Bonchev–Trinajstić information content (AvgIpc) is 2.83. The van der Waals surface area contributed by atoms with Crippen molar-refractivity contribution < 1.29 is 4.74 Å². The fraction of sp³-hybridized carbons (Fsp3) is 1.00. The number of rotatable bonds is 4. The second kappa shape index (κ2) is 5.99. The van der Waals surface area contributed by atoms with E-state index in [-0.39, 0.29) is 0 Å². The highest BCUT2D eigenvalue weighted by Crippen LogP contribution is 2.24. The first-order chi connectivity index (χ1) is 7.79. The largest absolute Gasteiger partial charge is 0.380 e. The van der Waals surface area contributed by atoms with E-state index in [0.717, 1.165) is 18.5 Å². The molecule has 2 aliphatic heterocycles. The highest BCUT2D eigenvalue weighted by atomic mass is 16.5. The third kappa shape index (κ3) is 3.19. The van der Waals surface area contributed by atoms with Gasteiger partial charge in [-0.3, -0.25) is 0 Å². The molecule has 2 rings (SSSR count). The molecule has 0 aromatic rings. The molecule has 2 saturated heterocycles. The summed E-state index contributed by atoms with van der Waals surface area (Å²) < 4.78 is 5.36. The first kappa shape index (κ1) is 12.3. The minimum absolute atomic E-state index is 0.371. The van der Waals surface area contributed by atoms with Gasteiger partial charge in [-0.25, -0.2) is 0 Å². The van der Waals surface area contributed by atoms with Gasteiger partial charge >= 0.3 is 0 Å². The number of nitrogens with zero attached hydrogens (tertiary/aromatic N) is 1. The monoisotopic (exact) mass is 226 g/mol. The minimum Gasteiger partial charge on any atom is -0.380 e. The topological polar surface area (TPSA) is 24.5 Å². The molecule has 0 saturated carbocycles. The summed E-state index contributed by atoms with van der Waals surface area (Å²) in [5.41, 5.74) is 0. The second-order valence-electron chi connectivity index (χ2n) is 5.41. The van der Waals surface area contributed by atoms with Crippen molar-refractivity contribution in [2.45, 2.75) is 44.8 Å². The predicted molar refractivity (Wildman–Crippen MR) is 66.7 cm³/mol. The number of methoxy groups -OCH3 is 1. The van der Waals surface area contributed by atoms with Crippen LogP contribution in [0.15, 0.2) is 0 Å². The zero-order valence-corrected chi connectivity index (χ0v) is 10.7. The van der Waals surface area contributed by atoms with Gasteiger partial charge in [-0.05, 0) is 51.6 Å². The van der Waals surface area contributed by atoms with Gasteiger partial charge in [0.1, 0.15) is 0 Å². The number of hydrogen-bond acceptors (Lipinski definition) is 3. The van der Waals surface area contributed by atoms with E-state index in [2.05, 4.69) is 17.1 Å². The lowest BCUT2D eigenvalue weighted by Gasteiger charge is -2.36. The third-order valence-corrected chi connectivity index (χ3v) is 4.13. The van der Waals surface area contributed by atoms with E-state index in [9.17, 15) is 0 Å². The van der Waals surface area contributed by atoms with Crippen LogP contribution in [0.25, 0.3) is 0 Å². The van der Waals surface area contributed by atoms with E-state index in [1.807, 2.05) is 7.11 Å². The van der Waals surface area contributed by atoms with Gasteiger partial charge in [0.25, 0.3) is 0 Å². The normalized spacial score (nSPS) is 34.1. The van der Waals surface area contributed by atoms with Crippen LogP contribution in [-0.4, -0.2) is 50.3 Å². The molecule has 16 heavy (non-hydrogen) atoms. The predicted octanol–water partition coefficient (Wildman–Crippen LogP) is 1.49. The standard InChI is InChI=1S/C13H26N2O/c1-11(16-2)9-15-8-4-5-12(10-15)13-6-3-7-14-13/h11-14H,3-10H2,1-2H3. The van der Waals surface area contributed by atoms with Crippen LogP contribution in [0, 0.1) is 5.92 Å². The molecule has 0 aromatic carbocycles. The maximum atomic E-state index is 5.36. The van der Waals surface area contributed by atoms with Crippen LogP contribution in [0.3, 0.4) is 0 Å². The molecule has 1 N–H and O–H groups in total. The lowest BCUT2D eigenvalue weighted by atomic mass is 9.89. The SMILES string of the molecule is COC(C)CN1CCCC(C2CCCN2)C1. The van der Waals surface area contributed by atoms with Crippen LogP contribution < -0.4 is 5.32 Å². The van der Waals surface area contributed by atoms with Gasteiger partial charge < -0.3 is 15.0 Å². The molecule has 2 aliphatic rings. The zero-order chi connectivity index (χ0) is 11.4. The molecule has 0 spiro atoms. The van der Waals surface area contributed by atoms with Crippen molar-refractivity contribution in [1.29, 1.82) is 0 Å². The van der Waals surface area contributed by atoms with Crippen molar-refractivity contribution in [3.05, 3.63) is 0 Å². The Morgan fingerprint density at radius 1 is 1.38 bits per heavy atom. The highest BCUT2D eigenvalue weighted by molar-refractivity contribution is 4.86. The molecule has 3 heteroatoms. The lowest BCUT2D eigenvalue weighted by Crippen LogP contribution is -2.45. The molecular formula is C13H26N2O. The van der Waals surface area contributed by atoms with Crippen molar-refractivity contribution in [1.82, 2.24) is 10.2 Å². The van der Waals surface area contributed by atoms with E-state index in [1.165, 1.54) is 45.3 Å². The Labute approximate surface area is 99.5 Å². The summed E-state index contributed by atoms with van der Waals surface area (Å²) in [6, 6.07) is 0.792. The maximum absolute atomic E-state index is 5.36. The number of piperidine rings is 1. The molecule has 0 bridgehead atoms. The molecule has 3 nitrogen and oxygen atoms in total. The molecule has 0 amide bonds. The number of likely N-dealkylation sites (tertiary alicyclic amines) is 1. The van der Waals surface area contributed by atoms with Gasteiger partial charge in [0.05, 0.1) is 6.10 Å². The Bertz CT molecular complexity index is 204. The van der Waals surface area contributed by atoms with Gasteiger partial charge in [-0.1, -0.05) is 0 Å². The molecule has 3 atom stereocenters. The van der Waals surface area contributed by atoms with Crippen molar-refractivity contribution >= 4 is 0 Å². The van der Waals surface area contributed by atoms with E-state index >= 15 is 0 Å². The molecule has 2 fully saturated rings. The summed E-state index contributed by atoms with van der Waals surface area (Å²) in [6.07, 6.45) is 5.90. The molecule has 2 heterocycles. The van der Waals surface area contributed by atoms with Crippen LogP contribution in [-0.2, 0) is 4.74 Å². The molecular weight excluding hydrogens is 200 g/mol. The zero-order valence-electron chi connectivity index (χ0n) is 10.7. The summed E-state index contributed by atoms with van der Waals surface area (Å²) in [7, 11) is 1.81. The van der Waals surface area contributed by atoms with Crippen molar-refractivity contribution in [3.63, 3.8) is 0 Å². The van der Waals surface area contributed by atoms with E-state index in [4.69, 9.17) is 4.74 Å². The average molecular weight is 226 g/mol. The van der Waals surface area contributed by atoms with Crippen LogP contribution >= 0.6 is 0 Å². The number of ether oxygens (including phenoxy) is 1. The Kier molecular flexibility index (Phi) is 4.62. The third-order valence-electron chi connectivity index (χ3n) is 4.13. The Morgan fingerprint density at radius 3 is 2.94 bits per heavy atom. The summed E-state index contributed by atoms with van der Waals surface area (Å²) >= 11 is 0. The highest BCUT2D eigenvalue weighted by Gasteiger charge is 2.29. The summed E-state index contributed by atoms with van der Waals surface area (Å²) in [5.74, 6) is 0.875. The second-order valence-corrected chi connectivity index (χ2v) is 5.41. The minimum atomic E-state index is 0.371. The van der Waals surface area contributed by atoms with Gasteiger partial charge in [0, 0.05) is 26.2 Å². The molecule has 0 aromatic heterocycles. The summed E-state index contributed by atoms with van der Waals surface area (Å²) in [5, 5.41) is 3.66. The molecule has 0 radical (unpaired) electrons. The van der Waals surface area contributed by atoms with Crippen LogP contribution in [0.2, 0.25) is 0 Å². The maximum Gasteiger partial charge on any atom is 0.0670 e. The fourth-order valence-corrected chi connectivity index (χ4v) is 3.14. The molecule has 3 unspecified atom stereocenters. The lowest BCUT2D eigenvalue weighted by molar-refractivity contribution is 0.0548. The van der Waals surface area contributed by atoms with E-state index in [1.54, 1.807) is 0 Å². The van der Waals surface area contributed by atoms with E-state index in [0.29, 0.717) is 6.10 Å². The first-order valence-corrected chi connectivity index (χ1v) is 6.78. The van der Waals surface area contributed by atoms with Crippen molar-refractivity contribution in [2.75, 3.05) is 33.3 Å². The van der Waals surface area contributed by atoms with Crippen LogP contribution in [0.4, 0.5) is 0 Å². The Morgan fingerprint density at radius 2 is 2.25 bits per heavy atom. The Balaban J connectivity index is 1.79. The molecule has 0 aliphatic carbocycles.